The molecule has 0 saturated heterocycles. The van der Waals surface area contributed by atoms with Gasteiger partial charge in [-0.3, -0.25) is 14.9 Å². The van der Waals surface area contributed by atoms with Gasteiger partial charge < -0.3 is 4.74 Å². The van der Waals surface area contributed by atoms with Crippen molar-refractivity contribution in [1.29, 1.82) is 0 Å². The molecule has 0 aliphatic rings. The number of carbonyl (C=O) groups is 1. The van der Waals surface area contributed by atoms with E-state index in [4.69, 9.17) is 4.74 Å². The van der Waals surface area contributed by atoms with Gasteiger partial charge in [0.25, 0.3) is 11.6 Å². The number of nitro groups is 1. The van der Waals surface area contributed by atoms with Crippen molar-refractivity contribution >= 4 is 28.6 Å². The zero-order valence-electron chi connectivity index (χ0n) is 14.5. The highest BCUT2D eigenvalue weighted by Crippen LogP contribution is 2.26. The summed E-state index contributed by atoms with van der Waals surface area (Å²) in [4.78, 5) is 22.7. The highest BCUT2D eigenvalue weighted by molar-refractivity contribution is 5.90. The first-order chi connectivity index (χ1) is 13.1. The molecule has 0 fully saturated rings. The number of ether oxygens (including phenoxy) is 1. The average Bonchev–Trinajstić information content (AvgIpc) is 2.68. The molecular formula is C20H17N3O4. The molecule has 3 rings (SSSR count). The van der Waals surface area contributed by atoms with E-state index >= 15 is 0 Å². The van der Waals surface area contributed by atoms with Crippen LogP contribution in [0, 0.1) is 10.1 Å². The lowest BCUT2D eigenvalue weighted by molar-refractivity contribution is -0.385. The number of amides is 1. The van der Waals surface area contributed by atoms with E-state index in [9.17, 15) is 14.9 Å². The number of benzene rings is 3. The van der Waals surface area contributed by atoms with E-state index in [-0.39, 0.29) is 5.69 Å². The molecule has 0 unspecified atom stereocenters. The summed E-state index contributed by atoms with van der Waals surface area (Å²) in [5.74, 6) is 0.135. The fourth-order valence-electron chi connectivity index (χ4n) is 2.56. The molecule has 7 heteroatoms. The first-order valence-corrected chi connectivity index (χ1v) is 8.27. The zero-order chi connectivity index (χ0) is 19.2. The molecule has 0 saturated carbocycles. The molecule has 0 spiro atoms. The molecule has 0 aliphatic heterocycles. The predicted molar refractivity (Wildman–Crippen MR) is 103 cm³/mol. The summed E-state index contributed by atoms with van der Waals surface area (Å²) in [6, 6.07) is 19.5. The minimum absolute atomic E-state index is 0.0875. The van der Waals surface area contributed by atoms with E-state index in [2.05, 4.69) is 10.5 Å². The van der Waals surface area contributed by atoms with Gasteiger partial charge in [0.2, 0.25) is 0 Å². The maximum atomic E-state index is 12.2. The van der Waals surface area contributed by atoms with Gasteiger partial charge in [0.05, 0.1) is 16.7 Å². The van der Waals surface area contributed by atoms with Crippen molar-refractivity contribution in [2.45, 2.75) is 13.0 Å². The van der Waals surface area contributed by atoms with Crippen molar-refractivity contribution < 1.29 is 14.5 Å². The third kappa shape index (κ3) is 4.27. The molecular weight excluding hydrogens is 346 g/mol. The number of para-hydroxylation sites is 1. The van der Waals surface area contributed by atoms with Crippen molar-refractivity contribution in [2.24, 2.45) is 5.10 Å². The molecule has 3 aromatic rings. The Bertz CT molecular complexity index is 1010. The second kappa shape index (κ2) is 8.09. The largest absolute Gasteiger partial charge is 0.480 e. The van der Waals surface area contributed by atoms with E-state index in [0.717, 1.165) is 10.8 Å². The van der Waals surface area contributed by atoms with Crippen LogP contribution in [-0.4, -0.2) is 23.1 Å². The van der Waals surface area contributed by atoms with Crippen molar-refractivity contribution in [3.05, 3.63) is 82.4 Å². The summed E-state index contributed by atoms with van der Waals surface area (Å²) in [6.07, 6.45) is 0.444. The summed E-state index contributed by atoms with van der Waals surface area (Å²) >= 11 is 0. The summed E-state index contributed by atoms with van der Waals surface area (Å²) in [5, 5.41) is 16.7. The fraction of sp³-hybridized carbons (Fsp3) is 0.100. The predicted octanol–water partition coefficient (Wildman–Crippen LogP) is 3.67. The van der Waals surface area contributed by atoms with Crippen LogP contribution in [0.1, 0.15) is 12.5 Å². The van der Waals surface area contributed by atoms with E-state index in [1.54, 1.807) is 31.2 Å². The first kappa shape index (κ1) is 18.1. The maximum Gasteiger partial charge on any atom is 0.280 e. The number of carbonyl (C=O) groups excluding carboxylic acids is 1. The number of nitro benzene ring substituents is 1. The summed E-state index contributed by atoms with van der Waals surface area (Å²) < 4.78 is 5.76. The van der Waals surface area contributed by atoms with Crippen LogP contribution in [-0.2, 0) is 4.79 Å². The molecule has 27 heavy (non-hydrogen) atoms. The molecule has 136 valence electrons. The van der Waals surface area contributed by atoms with E-state index in [0.29, 0.717) is 11.3 Å². The topological polar surface area (TPSA) is 93.8 Å². The van der Waals surface area contributed by atoms with Gasteiger partial charge >= 0.3 is 0 Å². The van der Waals surface area contributed by atoms with Crippen molar-refractivity contribution in [2.75, 3.05) is 0 Å². The van der Waals surface area contributed by atoms with E-state index in [1.807, 2.05) is 36.4 Å². The lowest BCUT2D eigenvalue weighted by Gasteiger charge is -2.14. The normalized spacial score (nSPS) is 12.0. The van der Waals surface area contributed by atoms with Crippen LogP contribution >= 0.6 is 0 Å². The molecule has 7 nitrogen and oxygen atoms in total. The SMILES string of the molecule is C[C@@H](Oc1cccc2ccccc12)C(=O)N/N=C\c1ccccc1[N+](=O)[O-]. The van der Waals surface area contributed by atoms with Crippen molar-refractivity contribution in [3.63, 3.8) is 0 Å². The quantitative estimate of drug-likeness (QED) is 0.411. The van der Waals surface area contributed by atoms with Crippen LogP contribution in [0.5, 0.6) is 5.75 Å². The van der Waals surface area contributed by atoms with E-state index in [1.165, 1.54) is 12.3 Å². The third-order valence-corrected chi connectivity index (χ3v) is 3.93. The van der Waals surface area contributed by atoms with Gasteiger partial charge in [0.15, 0.2) is 6.10 Å². The minimum atomic E-state index is -0.793. The standard InChI is InChI=1S/C20H17N3O4/c1-14(27-19-12-6-9-15-7-2-4-10-17(15)19)20(24)22-21-13-16-8-3-5-11-18(16)23(25)26/h2-14H,1H3,(H,22,24)/b21-13-/t14-/m1/s1. The molecule has 0 aliphatic carbocycles. The van der Waals surface area contributed by atoms with Crippen molar-refractivity contribution in [3.8, 4) is 5.75 Å². The second-order valence-corrected chi connectivity index (χ2v) is 5.79. The van der Waals surface area contributed by atoms with Gasteiger partial charge in [0, 0.05) is 11.5 Å². The Morgan fingerprint density at radius 2 is 1.81 bits per heavy atom. The minimum Gasteiger partial charge on any atom is -0.480 e. The number of fused-ring (bicyclic) bond motifs is 1. The molecule has 1 atom stereocenters. The van der Waals surface area contributed by atoms with Gasteiger partial charge in [-0.2, -0.15) is 5.10 Å². The third-order valence-electron chi connectivity index (χ3n) is 3.93. The number of hydrazone groups is 1. The summed E-state index contributed by atoms with van der Waals surface area (Å²) in [5.41, 5.74) is 2.56. The zero-order valence-corrected chi connectivity index (χ0v) is 14.5. The highest BCUT2D eigenvalue weighted by Gasteiger charge is 2.16. The van der Waals surface area contributed by atoms with Crippen LogP contribution < -0.4 is 10.2 Å². The van der Waals surface area contributed by atoms with Gasteiger partial charge in [0.1, 0.15) is 5.75 Å². The Morgan fingerprint density at radius 3 is 2.63 bits per heavy atom. The van der Waals surface area contributed by atoms with Gasteiger partial charge in [-0.15, -0.1) is 0 Å². The molecule has 0 bridgehead atoms. The Hall–Kier alpha value is -3.74. The Labute approximate surface area is 155 Å². The number of nitrogens with zero attached hydrogens (tertiary/aromatic N) is 2. The van der Waals surface area contributed by atoms with Crippen LogP contribution in [0.15, 0.2) is 71.8 Å². The highest BCUT2D eigenvalue weighted by atomic mass is 16.6. The fourth-order valence-corrected chi connectivity index (χ4v) is 2.56. The van der Waals surface area contributed by atoms with Crippen LogP contribution in [0.4, 0.5) is 5.69 Å². The van der Waals surface area contributed by atoms with Gasteiger partial charge in [-0.05, 0) is 24.4 Å². The van der Waals surface area contributed by atoms with E-state index < -0.39 is 16.9 Å². The van der Waals surface area contributed by atoms with Crippen LogP contribution in [0.25, 0.3) is 10.8 Å². The Kier molecular flexibility index (Phi) is 5.41. The maximum absolute atomic E-state index is 12.2. The first-order valence-electron chi connectivity index (χ1n) is 8.27. The molecule has 0 heterocycles. The smallest absolute Gasteiger partial charge is 0.280 e. The van der Waals surface area contributed by atoms with Gasteiger partial charge in [-0.1, -0.05) is 48.5 Å². The Balaban J connectivity index is 1.67. The molecule has 0 radical (unpaired) electrons. The summed E-state index contributed by atoms with van der Waals surface area (Å²) in [6.45, 7) is 1.61. The van der Waals surface area contributed by atoms with Crippen LogP contribution in [0.3, 0.4) is 0 Å². The Morgan fingerprint density at radius 1 is 1.11 bits per heavy atom. The molecule has 1 amide bonds. The molecule has 0 aromatic heterocycles. The monoisotopic (exact) mass is 363 g/mol. The lowest BCUT2D eigenvalue weighted by Crippen LogP contribution is -2.33. The number of hydrogen-bond donors (Lipinski definition) is 1. The lowest BCUT2D eigenvalue weighted by atomic mass is 10.1. The number of rotatable bonds is 6. The van der Waals surface area contributed by atoms with Gasteiger partial charge in [-0.25, -0.2) is 5.43 Å². The van der Waals surface area contributed by atoms with Crippen molar-refractivity contribution in [1.82, 2.24) is 5.43 Å². The average molecular weight is 363 g/mol. The van der Waals surface area contributed by atoms with Crippen LogP contribution in [0.2, 0.25) is 0 Å². The molecule has 3 aromatic carbocycles. The summed E-state index contributed by atoms with van der Waals surface area (Å²) in [7, 11) is 0. The number of hydrogen-bond acceptors (Lipinski definition) is 5. The molecule has 1 N–H and O–H groups in total. The second-order valence-electron chi connectivity index (χ2n) is 5.79. The number of nitrogens with one attached hydrogen (secondary N) is 1.